The number of hydrogen-bond acceptors (Lipinski definition) is 9. The minimum atomic E-state index is -1.12. The molecule has 4 aliphatic rings. The number of carbonyl (C=O) groups is 2. The average molecular weight is 765 g/mol. The maximum absolute atomic E-state index is 14.2. The van der Waals surface area contributed by atoms with E-state index in [1.165, 1.54) is 0 Å². The number of H-pyrrole nitrogens is 1. The summed E-state index contributed by atoms with van der Waals surface area (Å²) >= 11 is 13.9. The monoisotopic (exact) mass is 763 g/mol. The molecule has 0 saturated carbocycles. The Morgan fingerprint density at radius 2 is 1.80 bits per heavy atom. The van der Waals surface area contributed by atoms with Crippen LogP contribution in [0, 0.1) is 11.8 Å². The zero-order valence-electron chi connectivity index (χ0n) is 29.6. The van der Waals surface area contributed by atoms with Crippen LogP contribution in [0.5, 0.6) is 5.75 Å². The molecule has 10 rings (SSSR count). The van der Waals surface area contributed by atoms with Gasteiger partial charge in [-0.2, -0.15) is 4.98 Å². The molecule has 12 nitrogen and oxygen atoms in total. The number of hydrogen-bond donors (Lipinski definition) is 5. The van der Waals surface area contributed by atoms with Gasteiger partial charge >= 0.3 is 0 Å². The van der Waals surface area contributed by atoms with Crippen LogP contribution in [0.1, 0.15) is 62.1 Å². The second-order valence-corrected chi connectivity index (χ2v) is 15.9. The number of oxazole rings is 2. The van der Waals surface area contributed by atoms with E-state index in [1.54, 1.807) is 0 Å². The zero-order chi connectivity index (χ0) is 37.4. The van der Waals surface area contributed by atoms with E-state index in [-0.39, 0.29) is 41.0 Å². The Balaban J connectivity index is 1.30. The van der Waals surface area contributed by atoms with Crippen molar-refractivity contribution in [2.24, 2.45) is 17.6 Å². The molecule has 10 bridgehead atoms. The van der Waals surface area contributed by atoms with Crippen molar-refractivity contribution >= 4 is 51.6 Å². The van der Waals surface area contributed by atoms with Crippen LogP contribution in [0.25, 0.3) is 44.9 Å². The lowest BCUT2D eigenvalue weighted by Gasteiger charge is -2.29. The molecule has 6 N–H and O–H groups in total. The number of ether oxygens (including phenoxy) is 1. The maximum Gasteiger partial charge on any atom is 0.250 e. The summed E-state index contributed by atoms with van der Waals surface area (Å²) in [6.45, 7) is 7.65. The molecule has 0 saturated heterocycles. The third-order valence-corrected chi connectivity index (χ3v) is 11.8. The molecule has 54 heavy (non-hydrogen) atoms. The number of halogens is 2. The van der Waals surface area contributed by atoms with E-state index in [1.807, 2.05) is 70.2 Å². The molecule has 0 unspecified atom stereocenters. The van der Waals surface area contributed by atoms with Crippen LogP contribution in [-0.4, -0.2) is 45.1 Å². The number of nitrogens with two attached hydrogens (primary N) is 1. The molecule has 6 aromatic rings. The fraction of sp³-hybridized carbons (Fsp3) is 0.300. The molecule has 0 radical (unpaired) electrons. The zero-order valence-corrected chi connectivity index (χ0v) is 31.1. The molecule has 14 heteroatoms. The minimum Gasteiger partial charge on any atom is -0.469 e. The third-order valence-electron chi connectivity index (χ3n) is 11.3. The van der Waals surface area contributed by atoms with Gasteiger partial charge in [0.1, 0.15) is 28.4 Å². The molecule has 5 atom stereocenters. The Morgan fingerprint density at radius 3 is 2.59 bits per heavy atom. The molecule has 2 amide bonds. The summed E-state index contributed by atoms with van der Waals surface area (Å²) in [6.07, 6.45) is -0.495. The topological polar surface area (TPSA) is 173 Å². The minimum absolute atomic E-state index is 0.0974. The molecule has 3 aromatic carbocycles. The Labute approximate surface area is 319 Å². The number of anilines is 1. The summed E-state index contributed by atoms with van der Waals surface area (Å²) in [4.78, 5) is 40.7. The van der Waals surface area contributed by atoms with Crippen molar-refractivity contribution in [3.8, 4) is 39.8 Å². The Morgan fingerprint density at radius 1 is 1.00 bits per heavy atom. The van der Waals surface area contributed by atoms with Crippen molar-refractivity contribution in [3.63, 3.8) is 0 Å². The van der Waals surface area contributed by atoms with Crippen molar-refractivity contribution in [2.75, 3.05) is 5.32 Å². The van der Waals surface area contributed by atoms with E-state index >= 15 is 0 Å². The van der Waals surface area contributed by atoms with Gasteiger partial charge in [0.15, 0.2) is 28.6 Å². The first-order valence-corrected chi connectivity index (χ1v) is 18.8. The van der Waals surface area contributed by atoms with Crippen LogP contribution < -0.4 is 26.4 Å². The summed E-state index contributed by atoms with van der Waals surface area (Å²) in [5.41, 5.74) is 11.9. The van der Waals surface area contributed by atoms with Gasteiger partial charge in [-0.1, -0.05) is 93.4 Å². The molecule has 274 valence electrons. The number of nitrogens with one attached hydrogen (secondary N) is 4. The molecule has 0 aliphatic carbocycles. The summed E-state index contributed by atoms with van der Waals surface area (Å²) in [5.74, 6) is 0.513. The first-order chi connectivity index (χ1) is 25.9. The molecule has 1 spiro atoms. The molecule has 3 aromatic heterocycles. The Hall–Kier alpha value is -5.30. The van der Waals surface area contributed by atoms with Crippen molar-refractivity contribution in [2.45, 2.75) is 63.9 Å². The van der Waals surface area contributed by atoms with Crippen LogP contribution in [0.3, 0.4) is 0 Å². The van der Waals surface area contributed by atoms with Crippen LogP contribution in [0.2, 0.25) is 10.3 Å². The third kappa shape index (κ3) is 4.47. The van der Waals surface area contributed by atoms with E-state index < -0.39 is 41.6 Å². The quantitative estimate of drug-likeness (QED) is 0.126. The lowest BCUT2D eigenvalue weighted by molar-refractivity contribution is -0.130. The number of carbonyl (C=O) groups excluding carboxylic acids is 2. The Kier molecular flexibility index (Phi) is 7.15. The predicted octanol–water partition coefficient (Wildman–Crippen LogP) is 7.08. The molecular weight excluding hydrogens is 729 g/mol. The van der Waals surface area contributed by atoms with E-state index in [0.717, 1.165) is 44.4 Å². The number of para-hydroxylation sites is 1. The van der Waals surface area contributed by atoms with Gasteiger partial charge in [0.2, 0.25) is 17.7 Å². The van der Waals surface area contributed by atoms with Gasteiger partial charge < -0.3 is 40.2 Å². The maximum atomic E-state index is 14.2. The van der Waals surface area contributed by atoms with Crippen molar-refractivity contribution < 1.29 is 23.2 Å². The van der Waals surface area contributed by atoms with Gasteiger partial charge in [0.05, 0.1) is 11.6 Å². The van der Waals surface area contributed by atoms with E-state index in [9.17, 15) is 9.59 Å². The number of benzene rings is 3. The normalized spacial score (nSPS) is 22.2. The number of nitrogens with zero attached hydrogens (tertiary/aromatic N) is 2. The van der Waals surface area contributed by atoms with Crippen LogP contribution >= 0.6 is 23.2 Å². The van der Waals surface area contributed by atoms with E-state index in [0.29, 0.717) is 27.9 Å². The Bertz CT molecular complexity index is 2590. The first kappa shape index (κ1) is 33.3. The highest BCUT2D eigenvalue weighted by Gasteiger charge is 2.61. The summed E-state index contributed by atoms with van der Waals surface area (Å²) in [5, 5.41) is 11.1. The molecule has 7 heterocycles. The fourth-order valence-corrected chi connectivity index (χ4v) is 9.02. The summed E-state index contributed by atoms with van der Waals surface area (Å²) in [7, 11) is 0. The number of amides is 2. The van der Waals surface area contributed by atoms with Gasteiger partial charge in [0.25, 0.3) is 5.89 Å². The second kappa shape index (κ2) is 11.6. The second-order valence-electron chi connectivity index (χ2n) is 15.2. The SMILES string of the molecule is CC(C)[C@H](N)C(=O)N[C@H]1Cc2ccc3c(c2)[C@]24c5cccc(c5N[C@@H]2O3)-c2cccc3[nH]c(Cl)c(c23)-c2oc(nc2Cl)-c2nc(oc24)[C@H](C(C)C)NC1=O. The lowest BCUT2D eigenvalue weighted by Crippen LogP contribution is -2.54. The number of aromatic nitrogens is 3. The van der Waals surface area contributed by atoms with Gasteiger partial charge in [-0.25, -0.2) is 4.98 Å². The van der Waals surface area contributed by atoms with Crippen LogP contribution in [0.4, 0.5) is 5.69 Å². The van der Waals surface area contributed by atoms with Crippen molar-refractivity contribution in [1.82, 2.24) is 25.6 Å². The molecule has 0 fully saturated rings. The highest BCUT2D eigenvalue weighted by Crippen LogP contribution is 2.62. The van der Waals surface area contributed by atoms with Gasteiger partial charge in [-0.15, -0.1) is 0 Å². The smallest absolute Gasteiger partial charge is 0.250 e. The number of rotatable bonds is 4. The number of fused-ring (bicyclic) bond motifs is 7. The summed E-state index contributed by atoms with van der Waals surface area (Å²) in [6, 6.07) is 15.5. The average Bonchev–Trinajstić information content (AvgIpc) is 3.94. The molecular formula is C40H35Cl2N7O5. The van der Waals surface area contributed by atoms with Gasteiger partial charge in [0, 0.05) is 39.7 Å². The van der Waals surface area contributed by atoms with Crippen molar-refractivity contribution in [3.05, 3.63) is 93.2 Å². The number of aromatic amines is 1. The summed E-state index contributed by atoms with van der Waals surface area (Å²) < 4.78 is 20.4. The van der Waals surface area contributed by atoms with Crippen LogP contribution in [-0.2, 0) is 21.4 Å². The fourth-order valence-electron chi connectivity index (χ4n) is 8.53. The lowest BCUT2D eigenvalue weighted by atomic mass is 9.72. The highest BCUT2D eigenvalue weighted by atomic mass is 35.5. The standard InChI is InChI=1S/C40H35Cl2N7O5/c1-15(2)27(43)36(51)45-23-14-17-11-12-24-21(13-17)40-20-9-5-8-19(29(20)48-39(40)52-24)18-7-6-10-22-25(18)26(33(41)44-22)31-34(42)49-38(53-31)30-32(40)54-37(47-30)28(16(3)4)46-35(23)50/h5-13,15-16,23,27-28,39,44,48H,14,43H2,1-4H3,(H,45,51)(H,46,50)/t23-,27-,28-,39+,40-/m0/s1. The molecule has 4 aliphatic heterocycles. The van der Waals surface area contributed by atoms with E-state index in [2.05, 4.69) is 33.1 Å². The van der Waals surface area contributed by atoms with Gasteiger partial charge in [-0.3, -0.25) is 9.59 Å². The van der Waals surface area contributed by atoms with Gasteiger partial charge in [-0.05, 0) is 35.1 Å². The largest absolute Gasteiger partial charge is 0.469 e. The predicted molar refractivity (Wildman–Crippen MR) is 203 cm³/mol. The van der Waals surface area contributed by atoms with E-state index in [4.69, 9.17) is 52.5 Å². The van der Waals surface area contributed by atoms with Crippen molar-refractivity contribution in [1.29, 1.82) is 0 Å². The van der Waals surface area contributed by atoms with Crippen LogP contribution in [0.15, 0.2) is 63.4 Å². The first-order valence-electron chi connectivity index (χ1n) is 18.0. The highest BCUT2D eigenvalue weighted by molar-refractivity contribution is 6.37.